The summed E-state index contributed by atoms with van der Waals surface area (Å²) >= 11 is 1.44. The van der Waals surface area contributed by atoms with Crippen molar-refractivity contribution >= 4 is 33.8 Å². The van der Waals surface area contributed by atoms with Crippen LogP contribution in [-0.4, -0.2) is 16.4 Å². The lowest BCUT2D eigenvalue weighted by Gasteiger charge is -1.89. The minimum Gasteiger partial charge on any atom is -0.354 e. The first-order chi connectivity index (χ1) is 8.36. The Labute approximate surface area is 101 Å². The molecule has 0 aliphatic carbocycles. The lowest BCUT2D eigenvalue weighted by Crippen LogP contribution is -1.90. The van der Waals surface area contributed by atoms with Crippen molar-refractivity contribution < 1.29 is 4.79 Å². The molecule has 0 aliphatic heterocycles. The van der Waals surface area contributed by atoms with Crippen LogP contribution in [0.1, 0.15) is 0 Å². The molecule has 4 nitrogen and oxygen atoms in total. The molecule has 1 amide bonds. The standard InChI is InChI=1S/C12H9N3OS/c16-7-14-12-13-6-11(17-12)10-5-8-3-1-2-4-9(8)15-10/h1-7,15H,(H,13,14,16). The average Bonchev–Trinajstić information content (AvgIpc) is 2.94. The van der Waals surface area contributed by atoms with Crippen LogP contribution in [0.25, 0.3) is 21.5 Å². The second kappa shape index (κ2) is 4.03. The van der Waals surface area contributed by atoms with Crippen LogP contribution in [0.2, 0.25) is 0 Å². The van der Waals surface area contributed by atoms with E-state index in [0.29, 0.717) is 11.5 Å². The first-order valence-electron chi connectivity index (χ1n) is 5.11. The van der Waals surface area contributed by atoms with E-state index < -0.39 is 0 Å². The van der Waals surface area contributed by atoms with Gasteiger partial charge in [-0.15, -0.1) is 0 Å². The highest BCUT2D eigenvalue weighted by atomic mass is 32.1. The molecule has 5 heteroatoms. The molecule has 0 spiro atoms. The molecule has 2 heterocycles. The number of fused-ring (bicyclic) bond motifs is 1. The van der Waals surface area contributed by atoms with E-state index in [-0.39, 0.29) is 0 Å². The van der Waals surface area contributed by atoms with Crippen LogP contribution in [0.4, 0.5) is 5.13 Å². The Balaban J connectivity index is 2.04. The van der Waals surface area contributed by atoms with Crippen LogP contribution in [0.3, 0.4) is 0 Å². The van der Waals surface area contributed by atoms with Crippen LogP contribution >= 0.6 is 11.3 Å². The molecule has 0 atom stereocenters. The first kappa shape index (κ1) is 10.0. The lowest BCUT2D eigenvalue weighted by atomic mass is 10.2. The van der Waals surface area contributed by atoms with Crippen molar-refractivity contribution in [2.45, 2.75) is 0 Å². The van der Waals surface area contributed by atoms with Gasteiger partial charge in [-0.3, -0.25) is 4.79 Å². The quantitative estimate of drug-likeness (QED) is 0.695. The number of amides is 1. The predicted molar refractivity (Wildman–Crippen MR) is 69.1 cm³/mol. The van der Waals surface area contributed by atoms with E-state index >= 15 is 0 Å². The third-order valence-corrected chi connectivity index (χ3v) is 3.45. The number of aromatic nitrogens is 2. The molecule has 0 bridgehead atoms. The van der Waals surface area contributed by atoms with Gasteiger partial charge < -0.3 is 10.3 Å². The van der Waals surface area contributed by atoms with E-state index in [4.69, 9.17) is 0 Å². The van der Waals surface area contributed by atoms with Gasteiger partial charge in [-0.1, -0.05) is 29.5 Å². The Hall–Kier alpha value is -2.14. The Bertz CT molecular complexity index is 638. The van der Waals surface area contributed by atoms with Crippen LogP contribution in [-0.2, 0) is 4.79 Å². The van der Waals surface area contributed by atoms with Gasteiger partial charge in [0.1, 0.15) is 0 Å². The van der Waals surface area contributed by atoms with Gasteiger partial charge in [0.15, 0.2) is 5.13 Å². The summed E-state index contributed by atoms with van der Waals surface area (Å²) in [5.74, 6) is 0. The fourth-order valence-electron chi connectivity index (χ4n) is 1.72. The maximum atomic E-state index is 10.3. The van der Waals surface area contributed by atoms with Crippen molar-refractivity contribution in [3.05, 3.63) is 36.5 Å². The largest absolute Gasteiger partial charge is 0.354 e. The topological polar surface area (TPSA) is 57.8 Å². The number of aromatic amines is 1. The highest BCUT2D eigenvalue weighted by Gasteiger charge is 2.06. The van der Waals surface area contributed by atoms with Gasteiger partial charge in [0.05, 0.1) is 10.6 Å². The van der Waals surface area contributed by atoms with Crippen LogP contribution in [0.15, 0.2) is 36.5 Å². The molecular weight excluding hydrogens is 234 g/mol. The summed E-state index contributed by atoms with van der Waals surface area (Å²) in [6, 6.07) is 10.2. The fourth-order valence-corrected chi connectivity index (χ4v) is 2.47. The lowest BCUT2D eigenvalue weighted by molar-refractivity contribution is -0.105. The van der Waals surface area contributed by atoms with Gasteiger partial charge in [-0.05, 0) is 12.1 Å². The van der Waals surface area contributed by atoms with Crippen molar-refractivity contribution in [2.75, 3.05) is 5.32 Å². The Kier molecular flexibility index (Phi) is 2.38. The summed E-state index contributed by atoms with van der Waals surface area (Å²) in [7, 11) is 0. The number of H-pyrrole nitrogens is 1. The minimum absolute atomic E-state index is 0.605. The van der Waals surface area contributed by atoms with Crippen LogP contribution < -0.4 is 5.32 Å². The number of hydrogen-bond acceptors (Lipinski definition) is 3. The highest BCUT2D eigenvalue weighted by molar-refractivity contribution is 7.19. The van der Waals surface area contributed by atoms with Crippen molar-refractivity contribution in [2.24, 2.45) is 0 Å². The van der Waals surface area contributed by atoms with E-state index in [2.05, 4.69) is 27.4 Å². The fraction of sp³-hybridized carbons (Fsp3) is 0. The van der Waals surface area contributed by atoms with E-state index in [0.717, 1.165) is 16.1 Å². The van der Waals surface area contributed by atoms with Crippen molar-refractivity contribution in [3.63, 3.8) is 0 Å². The van der Waals surface area contributed by atoms with Gasteiger partial charge in [0.25, 0.3) is 0 Å². The number of anilines is 1. The monoisotopic (exact) mass is 243 g/mol. The molecule has 3 aromatic rings. The minimum atomic E-state index is 0.605. The third-order valence-electron chi connectivity index (χ3n) is 2.48. The summed E-state index contributed by atoms with van der Waals surface area (Å²) in [6.45, 7) is 0. The van der Waals surface area contributed by atoms with Crippen LogP contribution in [0.5, 0.6) is 0 Å². The van der Waals surface area contributed by atoms with Crippen LogP contribution in [0, 0.1) is 0 Å². The number of carbonyl (C=O) groups excluding carboxylic acids is 1. The molecule has 17 heavy (non-hydrogen) atoms. The zero-order valence-electron chi connectivity index (χ0n) is 8.81. The summed E-state index contributed by atoms with van der Waals surface area (Å²) in [4.78, 5) is 18.7. The first-order valence-corrected chi connectivity index (χ1v) is 5.92. The van der Waals surface area contributed by atoms with E-state index in [1.54, 1.807) is 6.20 Å². The van der Waals surface area contributed by atoms with E-state index in [1.807, 2.05) is 18.2 Å². The van der Waals surface area contributed by atoms with Gasteiger partial charge in [0.2, 0.25) is 6.41 Å². The smallest absolute Gasteiger partial charge is 0.213 e. The number of para-hydroxylation sites is 1. The normalized spacial score (nSPS) is 10.6. The maximum absolute atomic E-state index is 10.3. The van der Waals surface area contributed by atoms with Crippen molar-refractivity contribution in [1.29, 1.82) is 0 Å². The second-order valence-corrected chi connectivity index (χ2v) is 4.59. The number of hydrogen-bond donors (Lipinski definition) is 2. The van der Waals surface area contributed by atoms with Gasteiger partial charge in [-0.2, -0.15) is 0 Å². The predicted octanol–water partition coefficient (Wildman–Crippen LogP) is 2.86. The van der Waals surface area contributed by atoms with E-state index in [1.165, 1.54) is 16.7 Å². The van der Waals surface area contributed by atoms with E-state index in [9.17, 15) is 4.79 Å². The highest BCUT2D eigenvalue weighted by Crippen LogP contribution is 2.30. The van der Waals surface area contributed by atoms with Gasteiger partial charge >= 0.3 is 0 Å². The zero-order chi connectivity index (χ0) is 11.7. The van der Waals surface area contributed by atoms with Gasteiger partial charge in [0, 0.05) is 17.1 Å². The average molecular weight is 243 g/mol. The third kappa shape index (κ3) is 1.81. The van der Waals surface area contributed by atoms with Gasteiger partial charge in [-0.25, -0.2) is 4.98 Å². The molecular formula is C12H9N3OS. The molecule has 3 rings (SSSR count). The molecule has 0 saturated carbocycles. The maximum Gasteiger partial charge on any atom is 0.213 e. The molecule has 0 fully saturated rings. The second-order valence-electron chi connectivity index (χ2n) is 3.56. The Morgan fingerprint density at radius 2 is 2.24 bits per heavy atom. The summed E-state index contributed by atoms with van der Waals surface area (Å²) in [6.07, 6.45) is 2.38. The molecule has 2 N–H and O–H groups in total. The Morgan fingerprint density at radius 1 is 1.35 bits per heavy atom. The molecule has 1 aromatic carbocycles. The zero-order valence-corrected chi connectivity index (χ0v) is 9.62. The summed E-state index contributed by atoms with van der Waals surface area (Å²) in [5.41, 5.74) is 2.11. The number of benzene rings is 1. The van der Waals surface area contributed by atoms with Crippen molar-refractivity contribution in [3.8, 4) is 10.6 Å². The Morgan fingerprint density at radius 3 is 3.06 bits per heavy atom. The summed E-state index contributed by atoms with van der Waals surface area (Å²) < 4.78 is 0. The SMILES string of the molecule is O=CNc1ncc(-c2cc3ccccc3[nH]2)s1. The number of rotatable bonds is 3. The molecule has 0 saturated heterocycles. The molecule has 0 radical (unpaired) electrons. The molecule has 0 unspecified atom stereocenters. The molecule has 0 aliphatic rings. The number of nitrogens with one attached hydrogen (secondary N) is 2. The van der Waals surface area contributed by atoms with Crippen molar-refractivity contribution in [1.82, 2.24) is 9.97 Å². The number of thiazole rings is 1. The molecule has 84 valence electrons. The molecule has 2 aromatic heterocycles. The summed E-state index contributed by atoms with van der Waals surface area (Å²) in [5, 5.41) is 4.32. The number of carbonyl (C=O) groups is 1. The number of nitrogens with zero attached hydrogens (tertiary/aromatic N) is 1.